The Labute approximate surface area is 120 Å². The number of hydrogen-bond donors (Lipinski definition) is 3. The van der Waals surface area contributed by atoms with Gasteiger partial charge in [0, 0.05) is 6.54 Å². The van der Waals surface area contributed by atoms with Crippen molar-refractivity contribution in [3.05, 3.63) is 35.9 Å². The SMILES string of the molecule is NCC1(C(=O)N[C@H](CO)c2ccccc2)CCCCC1. The van der Waals surface area contributed by atoms with E-state index in [0.717, 1.165) is 31.2 Å². The lowest BCUT2D eigenvalue weighted by Gasteiger charge is -2.36. The van der Waals surface area contributed by atoms with Crippen molar-refractivity contribution in [1.29, 1.82) is 0 Å². The molecule has 0 unspecified atom stereocenters. The summed E-state index contributed by atoms with van der Waals surface area (Å²) in [5.74, 6) is -0.0115. The lowest BCUT2D eigenvalue weighted by Crippen LogP contribution is -2.48. The van der Waals surface area contributed by atoms with Gasteiger partial charge in [-0.05, 0) is 18.4 Å². The van der Waals surface area contributed by atoms with Crippen LogP contribution in [-0.2, 0) is 4.79 Å². The summed E-state index contributed by atoms with van der Waals surface area (Å²) in [4.78, 5) is 12.6. The molecule has 20 heavy (non-hydrogen) atoms. The third-order valence-electron chi connectivity index (χ3n) is 4.37. The Morgan fingerprint density at radius 3 is 2.45 bits per heavy atom. The van der Waals surface area contributed by atoms with Crippen LogP contribution in [0.15, 0.2) is 30.3 Å². The maximum Gasteiger partial charge on any atom is 0.228 e. The topological polar surface area (TPSA) is 75.4 Å². The maximum absolute atomic E-state index is 12.6. The Hall–Kier alpha value is -1.39. The molecule has 0 spiro atoms. The second-order valence-electron chi connectivity index (χ2n) is 5.66. The first kappa shape index (κ1) is 15.0. The zero-order chi connectivity index (χ0) is 14.4. The summed E-state index contributed by atoms with van der Waals surface area (Å²) in [5, 5.41) is 12.5. The summed E-state index contributed by atoms with van der Waals surface area (Å²) in [6.45, 7) is 0.280. The number of nitrogens with one attached hydrogen (secondary N) is 1. The van der Waals surface area contributed by atoms with Crippen LogP contribution in [0.25, 0.3) is 0 Å². The summed E-state index contributed by atoms with van der Waals surface area (Å²) < 4.78 is 0. The number of carbonyl (C=O) groups excluding carboxylic acids is 1. The molecule has 0 aliphatic heterocycles. The number of rotatable bonds is 5. The second-order valence-corrected chi connectivity index (χ2v) is 5.66. The van der Waals surface area contributed by atoms with Crippen LogP contribution >= 0.6 is 0 Å². The molecule has 1 aliphatic rings. The molecule has 0 saturated heterocycles. The van der Waals surface area contributed by atoms with Crippen LogP contribution < -0.4 is 11.1 Å². The number of nitrogens with two attached hydrogens (primary N) is 1. The zero-order valence-electron chi connectivity index (χ0n) is 11.8. The number of aliphatic hydroxyl groups excluding tert-OH is 1. The molecular formula is C16H24N2O2. The minimum Gasteiger partial charge on any atom is -0.394 e. The highest BCUT2D eigenvalue weighted by Gasteiger charge is 2.38. The Morgan fingerprint density at radius 1 is 1.25 bits per heavy atom. The fourth-order valence-corrected chi connectivity index (χ4v) is 2.98. The largest absolute Gasteiger partial charge is 0.394 e. The molecule has 1 saturated carbocycles. The van der Waals surface area contributed by atoms with Gasteiger partial charge >= 0.3 is 0 Å². The summed E-state index contributed by atoms with van der Waals surface area (Å²) in [5.41, 5.74) is 6.35. The van der Waals surface area contributed by atoms with Gasteiger partial charge in [-0.1, -0.05) is 49.6 Å². The molecule has 0 heterocycles. The molecule has 2 rings (SSSR count). The van der Waals surface area contributed by atoms with Gasteiger partial charge in [0.2, 0.25) is 5.91 Å². The Morgan fingerprint density at radius 2 is 1.90 bits per heavy atom. The van der Waals surface area contributed by atoms with Crippen molar-refractivity contribution in [3.63, 3.8) is 0 Å². The highest BCUT2D eigenvalue weighted by Crippen LogP contribution is 2.36. The van der Waals surface area contributed by atoms with Gasteiger partial charge < -0.3 is 16.2 Å². The van der Waals surface area contributed by atoms with E-state index in [4.69, 9.17) is 5.73 Å². The Bertz CT molecular complexity index is 427. The molecule has 0 radical (unpaired) electrons. The van der Waals surface area contributed by atoms with E-state index in [1.54, 1.807) is 0 Å². The van der Waals surface area contributed by atoms with Crippen LogP contribution in [0.5, 0.6) is 0 Å². The summed E-state index contributed by atoms with van der Waals surface area (Å²) in [7, 11) is 0. The number of carbonyl (C=O) groups is 1. The molecule has 4 nitrogen and oxygen atoms in total. The van der Waals surface area contributed by atoms with Crippen LogP contribution in [-0.4, -0.2) is 24.2 Å². The van der Waals surface area contributed by atoms with E-state index in [9.17, 15) is 9.90 Å². The Balaban J connectivity index is 2.08. The minimum absolute atomic E-state index is 0.0115. The highest BCUT2D eigenvalue weighted by atomic mass is 16.3. The molecular weight excluding hydrogens is 252 g/mol. The summed E-state index contributed by atoms with van der Waals surface area (Å²) in [6, 6.07) is 9.21. The van der Waals surface area contributed by atoms with Crippen molar-refractivity contribution >= 4 is 5.91 Å². The van der Waals surface area contributed by atoms with Crippen molar-refractivity contribution in [2.45, 2.75) is 38.1 Å². The average Bonchev–Trinajstić information content (AvgIpc) is 2.53. The number of benzene rings is 1. The van der Waals surface area contributed by atoms with Crippen molar-refractivity contribution in [1.82, 2.24) is 5.32 Å². The maximum atomic E-state index is 12.6. The van der Waals surface area contributed by atoms with E-state index in [1.165, 1.54) is 6.42 Å². The predicted octanol–water partition coefficient (Wildman–Crippen LogP) is 1.75. The third-order valence-corrected chi connectivity index (χ3v) is 4.37. The van der Waals surface area contributed by atoms with E-state index < -0.39 is 5.41 Å². The molecule has 4 heteroatoms. The lowest BCUT2D eigenvalue weighted by molar-refractivity contribution is -0.133. The molecule has 1 amide bonds. The molecule has 4 N–H and O–H groups in total. The molecule has 0 bridgehead atoms. The van der Waals surface area contributed by atoms with Crippen LogP contribution in [0.2, 0.25) is 0 Å². The van der Waals surface area contributed by atoms with Crippen molar-refractivity contribution < 1.29 is 9.90 Å². The van der Waals surface area contributed by atoms with Crippen LogP contribution in [0, 0.1) is 5.41 Å². The molecule has 1 aromatic carbocycles. The zero-order valence-corrected chi connectivity index (χ0v) is 11.8. The van der Waals surface area contributed by atoms with Gasteiger partial charge in [-0.3, -0.25) is 4.79 Å². The fraction of sp³-hybridized carbons (Fsp3) is 0.562. The lowest BCUT2D eigenvalue weighted by atomic mass is 9.73. The van der Waals surface area contributed by atoms with Crippen LogP contribution in [0.4, 0.5) is 0 Å². The van der Waals surface area contributed by atoms with Crippen LogP contribution in [0.3, 0.4) is 0 Å². The van der Waals surface area contributed by atoms with Crippen molar-refractivity contribution in [2.24, 2.45) is 11.1 Å². The average molecular weight is 276 g/mol. The smallest absolute Gasteiger partial charge is 0.228 e. The number of amides is 1. The van der Waals surface area contributed by atoms with E-state index in [1.807, 2.05) is 30.3 Å². The summed E-state index contributed by atoms with van der Waals surface area (Å²) >= 11 is 0. The third kappa shape index (κ3) is 3.19. The molecule has 1 aliphatic carbocycles. The first-order valence-corrected chi connectivity index (χ1v) is 7.39. The summed E-state index contributed by atoms with van der Waals surface area (Å²) in [6.07, 6.45) is 4.99. The van der Waals surface area contributed by atoms with E-state index >= 15 is 0 Å². The van der Waals surface area contributed by atoms with Crippen LogP contribution in [0.1, 0.15) is 43.7 Å². The first-order chi connectivity index (χ1) is 9.72. The predicted molar refractivity (Wildman–Crippen MR) is 79.0 cm³/mol. The van der Waals surface area contributed by atoms with E-state index in [0.29, 0.717) is 6.54 Å². The normalized spacial score (nSPS) is 19.3. The van der Waals surface area contributed by atoms with Gasteiger partial charge in [0.05, 0.1) is 18.1 Å². The molecule has 1 fully saturated rings. The second kappa shape index (κ2) is 6.86. The first-order valence-electron chi connectivity index (χ1n) is 7.39. The van der Waals surface area contributed by atoms with E-state index in [-0.39, 0.29) is 18.6 Å². The van der Waals surface area contributed by atoms with Gasteiger partial charge in [-0.15, -0.1) is 0 Å². The quantitative estimate of drug-likeness (QED) is 0.767. The minimum atomic E-state index is -0.444. The van der Waals surface area contributed by atoms with E-state index in [2.05, 4.69) is 5.32 Å². The monoisotopic (exact) mass is 276 g/mol. The molecule has 110 valence electrons. The van der Waals surface area contributed by atoms with Gasteiger partial charge in [-0.25, -0.2) is 0 Å². The van der Waals surface area contributed by atoms with Gasteiger partial charge in [0.15, 0.2) is 0 Å². The fourth-order valence-electron chi connectivity index (χ4n) is 2.98. The van der Waals surface area contributed by atoms with Crippen molar-refractivity contribution in [2.75, 3.05) is 13.2 Å². The number of aliphatic hydroxyl groups is 1. The van der Waals surface area contributed by atoms with Gasteiger partial charge in [0.1, 0.15) is 0 Å². The molecule has 1 atom stereocenters. The molecule has 0 aromatic heterocycles. The van der Waals surface area contributed by atoms with Gasteiger partial charge in [0.25, 0.3) is 0 Å². The van der Waals surface area contributed by atoms with Crippen molar-refractivity contribution in [3.8, 4) is 0 Å². The highest BCUT2D eigenvalue weighted by molar-refractivity contribution is 5.83. The Kier molecular flexibility index (Phi) is 5.15. The number of hydrogen-bond acceptors (Lipinski definition) is 3. The molecule has 1 aromatic rings. The van der Waals surface area contributed by atoms with Gasteiger partial charge in [-0.2, -0.15) is 0 Å². The standard InChI is InChI=1S/C16H24N2O2/c17-12-16(9-5-2-6-10-16)15(20)18-14(11-19)13-7-3-1-4-8-13/h1,3-4,7-8,14,19H,2,5-6,9-12,17H2,(H,18,20)/t14-/m1/s1.